The molecule has 38 heavy (non-hydrogen) atoms. The molecule has 0 aliphatic carbocycles. The van der Waals surface area contributed by atoms with Gasteiger partial charge >= 0.3 is 0 Å². The minimum Gasteiger partial charge on any atom is -0.330 e. The van der Waals surface area contributed by atoms with Gasteiger partial charge in [0.15, 0.2) is 5.82 Å². The number of anilines is 1. The number of carbonyl (C=O) groups is 2. The molecule has 0 saturated heterocycles. The average molecular weight is 540 g/mol. The van der Waals surface area contributed by atoms with Gasteiger partial charge in [0, 0.05) is 30.3 Å². The third-order valence-corrected chi connectivity index (χ3v) is 7.47. The van der Waals surface area contributed by atoms with E-state index in [2.05, 4.69) is 10.3 Å². The predicted molar refractivity (Wildman–Crippen MR) is 140 cm³/mol. The van der Waals surface area contributed by atoms with Crippen molar-refractivity contribution in [1.82, 2.24) is 9.88 Å². The third kappa shape index (κ3) is 5.05. The van der Waals surface area contributed by atoms with Gasteiger partial charge in [0.1, 0.15) is 11.6 Å². The van der Waals surface area contributed by atoms with Crippen LogP contribution >= 0.6 is 11.6 Å². The molecule has 3 aromatic rings. The first-order valence-electron chi connectivity index (χ1n) is 12.4. The van der Waals surface area contributed by atoms with Gasteiger partial charge in [0.05, 0.1) is 28.0 Å². The average Bonchev–Trinajstić information content (AvgIpc) is 2.89. The molecule has 9 heteroatoms. The second-order valence-corrected chi connectivity index (χ2v) is 10.1. The second kappa shape index (κ2) is 10.6. The Balaban J connectivity index is 1.53. The molecule has 196 valence electrons. The van der Waals surface area contributed by atoms with Crippen molar-refractivity contribution >= 4 is 34.7 Å². The zero-order chi connectivity index (χ0) is 27.0. The summed E-state index contributed by atoms with van der Waals surface area (Å²) in [5, 5.41) is 2.64. The monoisotopic (exact) mass is 539 g/mol. The van der Waals surface area contributed by atoms with E-state index >= 15 is 0 Å². The molecule has 0 unspecified atom stereocenters. The van der Waals surface area contributed by atoms with E-state index < -0.39 is 23.5 Å². The standard InChI is InChI=1S/C29H25ClF3N3O2/c1-16-3-2-4-25(36-12-10-18(14-26(36)37)27-22(32)8-7-21(30)28(27)33)24-13-17(9-11-34-24)20-6-5-19(31)15-23(20)35-29(16)38/h5-9,11,13-16,25H,2-4,10,12H2,1H3,(H,35,38)/t16-,25+/m1/s1. The van der Waals surface area contributed by atoms with E-state index in [9.17, 15) is 22.8 Å². The summed E-state index contributed by atoms with van der Waals surface area (Å²) in [6.07, 6.45) is 4.83. The Morgan fingerprint density at radius 3 is 2.66 bits per heavy atom. The first-order chi connectivity index (χ1) is 18.2. The maximum atomic E-state index is 14.6. The van der Waals surface area contributed by atoms with E-state index in [1.54, 1.807) is 23.2 Å². The van der Waals surface area contributed by atoms with Crippen LogP contribution in [0.4, 0.5) is 18.9 Å². The maximum absolute atomic E-state index is 14.6. The Hall–Kier alpha value is -3.65. The van der Waals surface area contributed by atoms with Gasteiger partial charge in [-0.25, -0.2) is 13.2 Å². The lowest BCUT2D eigenvalue weighted by Crippen LogP contribution is -2.38. The van der Waals surface area contributed by atoms with E-state index in [0.717, 1.165) is 12.1 Å². The number of aromatic nitrogens is 1. The molecule has 2 atom stereocenters. The topological polar surface area (TPSA) is 62.3 Å². The number of hydrogen-bond acceptors (Lipinski definition) is 3. The van der Waals surface area contributed by atoms with Gasteiger partial charge in [-0.1, -0.05) is 24.9 Å². The van der Waals surface area contributed by atoms with Crippen LogP contribution in [0.15, 0.2) is 54.7 Å². The molecule has 5 rings (SSSR count). The first-order valence-corrected chi connectivity index (χ1v) is 12.8. The molecule has 2 amide bonds. The van der Waals surface area contributed by atoms with Crippen molar-refractivity contribution in [2.24, 2.45) is 5.92 Å². The number of fused-ring (bicyclic) bond motifs is 4. The molecule has 1 N–H and O–H groups in total. The molecule has 3 heterocycles. The molecular weight excluding hydrogens is 515 g/mol. The fraction of sp³-hybridized carbons (Fsp3) is 0.276. The van der Waals surface area contributed by atoms with Crippen LogP contribution in [-0.4, -0.2) is 28.2 Å². The number of hydrogen-bond donors (Lipinski definition) is 1. The minimum absolute atomic E-state index is 0.212. The molecule has 2 aliphatic heterocycles. The lowest BCUT2D eigenvalue weighted by molar-refractivity contribution is -0.129. The molecule has 5 nitrogen and oxygen atoms in total. The first kappa shape index (κ1) is 26.0. The second-order valence-electron chi connectivity index (χ2n) is 9.67. The highest BCUT2D eigenvalue weighted by Crippen LogP contribution is 2.37. The highest BCUT2D eigenvalue weighted by molar-refractivity contribution is 6.31. The number of amides is 2. The molecule has 0 spiro atoms. The lowest BCUT2D eigenvalue weighted by atomic mass is 9.92. The number of pyridine rings is 1. The summed E-state index contributed by atoms with van der Waals surface area (Å²) in [6, 6.07) is 9.62. The molecule has 2 aromatic carbocycles. The number of carbonyl (C=O) groups excluding carboxylic acids is 2. The normalized spacial score (nSPS) is 20.1. The number of benzene rings is 2. The molecule has 2 aliphatic rings. The van der Waals surface area contributed by atoms with Crippen LogP contribution in [0.25, 0.3) is 16.7 Å². The smallest absolute Gasteiger partial charge is 0.247 e. The Bertz CT molecular complexity index is 1460. The van der Waals surface area contributed by atoms with E-state index in [4.69, 9.17) is 11.6 Å². The Kier molecular flexibility index (Phi) is 7.25. The van der Waals surface area contributed by atoms with Gasteiger partial charge in [-0.2, -0.15) is 0 Å². The van der Waals surface area contributed by atoms with Crippen LogP contribution in [0.2, 0.25) is 5.02 Å². The number of nitrogens with zero attached hydrogens (tertiary/aromatic N) is 2. The van der Waals surface area contributed by atoms with Gasteiger partial charge in [0.25, 0.3) is 0 Å². The summed E-state index contributed by atoms with van der Waals surface area (Å²) in [7, 11) is 0. The predicted octanol–water partition coefficient (Wildman–Crippen LogP) is 6.93. The summed E-state index contributed by atoms with van der Waals surface area (Å²) >= 11 is 5.86. The van der Waals surface area contributed by atoms with Crippen molar-refractivity contribution in [3.8, 4) is 11.1 Å². The highest BCUT2D eigenvalue weighted by Gasteiger charge is 2.31. The van der Waals surface area contributed by atoms with Gasteiger partial charge in [-0.15, -0.1) is 0 Å². The maximum Gasteiger partial charge on any atom is 0.247 e. The SMILES string of the molecule is C[C@@H]1CCC[C@H](N2CCC(c3c(F)ccc(Cl)c3F)=CC2=O)c2cc(ccn2)-c2ccc(F)cc2NC1=O. The van der Waals surface area contributed by atoms with Crippen LogP contribution in [-0.2, 0) is 9.59 Å². The van der Waals surface area contributed by atoms with E-state index in [0.29, 0.717) is 41.8 Å². The van der Waals surface area contributed by atoms with Crippen molar-refractivity contribution in [3.63, 3.8) is 0 Å². The highest BCUT2D eigenvalue weighted by atomic mass is 35.5. The van der Waals surface area contributed by atoms with Crippen molar-refractivity contribution in [2.45, 2.75) is 38.6 Å². The molecule has 0 fully saturated rings. The van der Waals surface area contributed by atoms with E-state index in [1.807, 2.05) is 13.0 Å². The molecule has 0 radical (unpaired) electrons. The molecular formula is C29H25ClF3N3O2. The van der Waals surface area contributed by atoms with E-state index in [1.165, 1.54) is 18.2 Å². The van der Waals surface area contributed by atoms with Crippen molar-refractivity contribution in [3.05, 3.63) is 88.5 Å². The fourth-order valence-corrected chi connectivity index (χ4v) is 5.28. The zero-order valence-electron chi connectivity index (χ0n) is 20.6. The van der Waals surface area contributed by atoms with Crippen LogP contribution in [0, 0.1) is 23.4 Å². The number of nitrogens with one attached hydrogen (secondary N) is 1. The third-order valence-electron chi connectivity index (χ3n) is 7.18. The molecule has 2 bridgehead atoms. The van der Waals surface area contributed by atoms with E-state index in [-0.39, 0.29) is 46.9 Å². The van der Waals surface area contributed by atoms with Crippen LogP contribution in [0.1, 0.15) is 49.9 Å². The zero-order valence-corrected chi connectivity index (χ0v) is 21.4. The van der Waals surface area contributed by atoms with Gasteiger partial charge in [0.2, 0.25) is 11.8 Å². The summed E-state index contributed by atoms with van der Waals surface area (Å²) in [5.74, 6) is -3.07. The van der Waals surface area contributed by atoms with Crippen molar-refractivity contribution < 1.29 is 22.8 Å². The largest absolute Gasteiger partial charge is 0.330 e. The van der Waals surface area contributed by atoms with Gasteiger partial charge in [-0.3, -0.25) is 14.6 Å². The van der Waals surface area contributed by atoms with Crippen molar-refractivity contribution in [2.75, 3.05) is 11.9 Å². The molecule has 1 aromatic heterocycles. The van der Waals surface area contributed by atoms with Crippen LogP contribution in [0.3, 0.4) is 0 Å². The Morgan fingerprint density at radius 2 is 1.87 bits per heavy atom. The van der Waals surface area contributed by atoms with Crippen LogP contribution < -0.4 is 5.32 Å². The Morgan fingerprint density at radius 1 is 1.05 bits per heavy atom. The number of rotatable bonds is 2. The lowest BCUT2D eigenvalue weighted by Gasteiger charge is -2.34. The summed E-state index contributed by atoms with van der Waals surface area (Å²) in [5.41, 5.74) is 2.32. The summed E-state index contributed by atoms with van der Waals surface area (Å²) in [4.78, 5) is 32.4. The minimum atomic E-state index is -0.887. The summed E-state index contributed by atoms with van der Waals surface area (Å²) < 4.78 is 43.2. The Labute approximate surface area is 223 Å². The quantitative estimate of drug-likeness (QED) is 0.359. The van der Waals surface area contributed by atoms with Gasteiger partial charge < -0.3 is 10.2 Å². The van der Waals surface area contributed by atoms with Gasteiger partial charge in [-0.05, 0) is 72.9 Å². The summed E-state index contributed by atoms with van der Waals surface area (Å²) in [6.45, 7) is 2.03. The molecule has 0 saturated carbocycles. The fourth-order valence-electron chi connectivity index (χ4n) is 5.12. The van der Waals surface area contributed by atoms with Crippen molar-refractivity contribution in [1.29, 1.82) is 0 Å². The number of halogens is 4. The van der Waals surface area contributed by atoms with Crippen LogP contribution in [0.5, 0.6) is 0 Å².